The Balaban J connectivity index is 1.21. The molecule has 0 radical (unpaired) electrons. The molecule has 1 unspecified atom stereocenters. The smallest absolute Gasteiger partial charge is 0.123 e. The molecule has 0 amide bonds. The van der Waals surface area contributed by atoms with Crippen molar-refractivity contribution in [3.05, 3.63) is 102 Å². The Hall–Kier alpha value is -2.80. The summed E-state index contributed by atoms with van der Waals surface area (Å²) in [6.07, 6.45) is 1.38. The van der Waals surface area contributed by atoms with Gasteiger partial charge in [-0.15, -0.1) is 0 Å². The zero-order valence-electron chi connectivity index (χ0n) is 20.0. The van der Waals surface area contributed by atoms with E-state index in [0.717, 1.165) is 62.4 Å². The number of para-hydroxylation sites is 1. The molecule has 1 aliphatic heterocycles. The number of hydrogen-bond donors (Lipinski definition) is 1. The molecule has 35 heavy (non-hydrogen) atoms. The molecule has 3 aromatic carbocycles. The molecule has 1 atom stereocenters. The van der Waals surface area contributed by atoms with Crippen LogP contribution in [0.25, 0.3) is 0 Å². The van der Waals surface area contributed by atoms with E-state index < -0.39 is 6.10 Å². The molecule has 0 spiro atoms. The number of β-amino-alcohol motifs (C(OH)–C–C–N with tert-alkyl or cyclic N) is 1. The quantitative estimate of drug-likeness (QED) is 0.422. The summed E-state index contributed by atoms with van der Waals surface area (Å²) in [5, 5.41) is 10.4. The van der Waals surface area contributed by atoms with Crippen LogP contribution in [-0.4, -0.2) is 66.9 Å². The lowest BCUT2D eigenvalue weighted by Gasteiger charge is -2.35. The standard InChI is InChI=1S/C29H34F2N2O2/c30-25-12-8-23(9-13-25)29(24-10-14-26(31)15-11-24)7-4-16-32-17-19-33(20-18-32)21-27(34)22-35-28-5-2-1-3-6-28/h1-3,5-6,8-15,27,29,34H,4,7,16-22H2. The van der Waals surface area contributed by atoms with Gasteiger partial charge in [0.25, 0.3) is 0 Å². The van der Waals surface area contributed by atoms with Crippen LogP contribution in [0.3, 0.4) is 0 Å². The highest BCUT2D eigenvalue weighted by Crippen LogP contribution is 2.30. The third-order valence-electron chi connectivity index (χ3n) is 6.63. The number of aliphatic hydroxyl groups is 1. The molecule has 1 fully saturated rings. The third-order valence-corrected chi connectivity index (χ3v) is 6.63. The molecule has 0 bridgehead atoms. The van der Waals surface area contributed by atoms with Gasteiger partial charge in [-0.3, -0.25) is 4.90 Å². The average Bonchev–Trinajstić information content (AvgIpc) is 2.88. The van der Waals surface area contributed by atoms with Crippen LogP contribution in [0.4, 0.5) is 8.78 Å². The lowest BCUT2D eigenvalue weighted by molar-refractivity contribution is 0.0458. The molecule has 1 saturated heterocycles. The second kappa shape index (κ2) is 12.8. The van der Waals surface area contributed by atoms with Gasteiger partial charge in [0.2, 0.25) is 0 Å². The van der Waals surface area contributed by atoms with Crippen LogP contribution in [0.2, 0.25) is 0 Å². The second-order valence-electron chi connectivity index (χ2n) is 9.22. The van der Waals surface area contributed by atoms with Gasteiger partial charge in [0.15, 0.2) is 0 Å². The first kappa shape index (κ1) is 25.3. The number of benzene rings is 3. The minimum Gasteiger partial charge on any atom is -0.491 e. The van der Waals surface area contributed by atoms with Gasteiger partial charge in [-0.05, 0) is 66.9 Å². The Morgan fingerprint density at radius 1 is 0.743 bits per heavy atom. The minimum atomic E-state index is -0.520. The molecule has 0 aliphatic carbocycles. The number of ether oxygens (including phenoxy) is 1. The highest BCUT2D eigenvalue weighted by atomic mass is 19.1. The summed E-state index contributed by atoms with van der Waals surface area (Å²) in [4.78, 5) is 4.74. The van der Waals surface area contributed by atoms with Crippen molar-refractivity contribution in [3.63, 3.8) is 0 Å². The first-order valence-electron chi connectivity index (χ1n) is 12.4. The molecule has 0 aromatic heterocycles. The van der Waals surface area contributed by atoms with E-state index in [1.54, 1.807) is 0 Å². The normalized spacial score (nSPS) is 15.9. The number of rotatable bonds is 11. The fourth-order valence-electron chi connectivity index (χ4n) is 4.69. The highest BCUT2D eigenvalue weighted by molar-refractivity contribution is 5.32. The van der Waals surface area contributed by atoms with Crippen molar-refractivity contribution in [2.75, 3.05) is 45.9 Å². The predicted molar refractivity (Wildman–Crippen MR) is 135 cm³/mol. The number of halogens is 2. The van der Waals surface area contributed by atoms with E-state index >= 15 is 0 Å². The second-order valence-corrected chi connectivity index (χ2v) is 9.22. The van der Waals surface area contributed by atoms with E-state index in [1.807, 2.05) is 54.6 Å². The zero-order chi connectivity index (χ0) is 24.5. The summed E-state index contributed by atoms with van der Waals surface area (Å²) in [5.41, 5.74) is 2.10. The van der Waals surface area contributed by atoms with Gasteiger partial charge in [0.1, 0.15) is 30.1 Å². The average molecular weight is 481 g/mol. The maximum Gasteiger partial charge on any atom is 0.123 e. The van der Waals surface area contributed by atoms with Gasteiger partial charge in [-0.2, -0.15) is 0 Å². The lowest BCUT2D eigenvalue weighted by Crippen LogP contribution is -2.49. The molecule has 1 aliphatic rings. The number of nitrogens with zero attached hydrogens (tertiary/aromatic N) is 2. The third kappa shape index (κ3) is 7.85. The van der Waals surface area contributed by atoms with Gasteiger partial charge in [0, 0.05) is 38.6 Å². The Bertz CT molecular complexity index is 962. The molecule has 6 heteroatoms. The van der Waals surface area contributed by atoms with Crippen LogP contribution in [0.5, 0.6) is 5.75 Å². The molecule has 4 rings (SSSR count). The molecule has 0 saturated carbocycles. The molecule has 3 aromatic rings. The monoisotopic (exact) mass is 480 g/mol. The van der Waals surface area contributed by atoms with Gasteiger partial charge < -0.3 is 14.7 Å². The summed E-state index contributed by atoms with van der Waals surface area (Å²) >= 11 is 0. The van der Waals surface area contributed by atoms with E-state index in [-0.39, 0.29) is 17.6 Å². The summed E-state index contributed by atoms with van der Waals surface area (Å²) < 4.78 is 32.6. The van der Waals surface area contributed by atoms with Crippen LogP contribution in [0, 0.1) is 11.6 Å². The van der Waals surface area contributed by atoms with Gasteiger partial charge >= 0.3 is 0 Å². The van der Waals surface area contributed by atoms with Crippen molar-refractivity contribution in [2.45, 2.75) is 24.9 Å². The molecular weight excluding hydrogens is 446 g/mol. The van der Waals surface area contributed by atoms with Crippen molar-refractivity contribution in [1.29, 1.82) is 0 Å². The van der Waals surface area contributed by atoms with Crippen LogP contribution in [0.15, 0.2) is 78.9 Å². The Labute approximate surface area is 206 Å². The van der Waals surface area contributed by atoms with E-state index in [2.05, 4.69) is 9.80 Å². The van der Waals surface area contributed by atoms with Crippen molar-refractivity contribution >= 4 is 0 Å². The van der Waals surface area contributed by atoms with Crippen molar-refractivity contribution in [2.24, 2.45) is 0 Å². The van der Waals surface area contributed by atoms with Gasteiger partial charge in [-0.25, -0.2) is 8.78 Å². The number of hydrogen-bond acceptors (Lipinski definition) is 4. The summed E-state index contributed by atoms with van der Waals surface area (Å²) in [6, 6.07) is 22.8. The van der Waals surface area contributed by atoms with Crippen molar-refractivity contribution < 1.29 is 18.6 Å². The Morgan fingerprint density at radius 3 is 1.86 bits per heavy atom. The first-order valence-corrected chi connectivity index (χ1v) is 12.4. The molecular formula is C29H34F2N2O2. The highest BCUT2D eigenvalue weighted by Gasteiger charge is 2.20. The van der Waals surface area contributed by atoms with Crippen LogP contribution in [0.1, 0.15) is 29.9 Å². The van der Waals surface area contributed by atoms with E-state index in [9.17, 15) is 13.9 Å². The molecule has 186 valence electrons. The number of piperazine rings is 1. The molecule has 4 nitrogen and oxygen atoms in total. The maximum atomic E-state index is 13.4. The first-order chi connectivity index (χ1) is 17.1. The Morgan fingerprint density at radius 2 is 1.29 bits per heavy atom. The van der Waals surface area contributed by atoms with E-state index in [0.29, 0.717) is 13.2 Å². The van der Waals surface area contributed by atoms with E-state index in [1.165, 1.54) is 24.3 Å². The fourth-order valence-corrected chi connectivity index (χ4v) is 4.69. The largest absolute Gasteiger partial charge is 0.491 e. The topological polar surface area (TPSA) is 35.9 Å². The van der Waals surface area contributed by atoms with Crippen LogP contribution < -0.4 is 4.74 Å². The fraction of sp³-hybridized carbons (Fsp3) is 0.379. The minimum absolute atomic E-state index is 0.109. The Kier molecular flexibility index (Phi) is 9.23. The number of aliphatic hydroxyl groups excluding tert-OH is 1. The van der Waals surface area contributed by atoms with Crippen LogP contribution in [-0.2, 0) is 0 Å². The zero-order valence-corrected chi connectivity index (χ0v) is 20.0. The van der Waals surface area contributed by atoms with Crippen molar-refractivity contribution in [1.82, 2.24) is 9.80 Å². The summed E-state index contributed by atoms with van der Waals surface area (Å²) in [6.45, 7) is 5.64. The molecule has 1 N–H and O–H groups in total. The summed E-state index contributed by atoms with van der Waals surface area (Å²) in [5.74, 6) is 0.385. The predicted octanol–water partition coefficient (Wildman–Crippen LogP) is 4.93. The molecule has 1 heterocycles. The summed E-state index contributed by atoms with van der Waals surface area (Å²) in [7, 11) is 0. The van der Waals surface area contributed by atoms with E-state index in [4.69, 9.17) is 4.74 Å². The van der Waals surface area contributed by atoms with Gasteiger partial charge in [0.05, 0.1) is 0 Å². The lowest BCUT2D eigenvalue weighted by atomic mass is 9.87. The SMILES string of the molecule is OC(COc1ccccc1)CN1CCN(CCCC(c2ccc(F)cc2)c2ccc(F)cc2)CC1. The van der Waals surface area contributed by atoms with Crippen LogP contribution >= 0.6 is 0 Å². The van der Waals surface area contributed by atoms with Crippen molar-refractivity contribution in [3.8, 4) is 5.75 Å². The van der Waals surface area contributed by atoms with Gasteiger partial charge in [-0.1, -0.05) is 42.5 Å². The maximum absolute atomic E-state index is 13.4.